The Hall–Kier alpha value is -1.07. The van der Waals surface area contributed by atoms with E-state index in [1.807, 2.05) is 13.0 Å². The quantitative estimate of drug-likeness (QED) is 0.816. The normalized spacial score (nSPS) is 15.8. The number of anilines is 1. The molecule has 1 N–H and O–H groups in total. The zero-order valence-corrected chi connectivity index (χ0v) is 14.2. The number of carbonyl (C=O) groups is 1. The van der Waals surface area contributed by atoms with E-state index in [0.717, 1.165) is 60.7 Å². The van der Waals surface area contributed by atoms with E-state index in [1.165, 1.54) is 7.11 Å². The second-order valence-corrected chi connectivity index (χ2v) is 6.30. The summed E-state index contributed by atoms with van der Waals surface area (Å²) >= 11 is 3.45. The van der Waals surface area contributed by atoms with Crippen molar-refractivity contribution >= 4 is 27.6 Å². The highest BCUT2D eigenvalue weighted by molar-refractivity contribution is 9.10. The molecule has 1 heterocycles. The van der Waals surface area contributed by atoms with Gasteiger partial charge in [-0.15, -0.1) is 0 Å². The number of esters is 1. The predicted octanol–water partition coefficient (Wildman–Crippen LogP) is 3.77. The number of halogens is 1. The van der Waals surface area contributed by atoms with Gasteiger partial charge in [0.15, 0.2) is 0 Å². The van der Waals surface area contributed by atoms with Gasteiger partial charge in [-0.3, -0.25) is 0 Å². The number of rotatable bonds is 5. The van der Waals surface area contributed by atoms with Gasteiger partial charge >= 0.3 is 5.97 Å². The van der Waals surface area contributed by atoms with Gasteiger partial charge < -0.3 is 14.8 Å². The van der Waals surface area contributed by atoms with Crippen LogP contribution in [0.25, 0.3) is 0 Å². The number of carbonyl (C=O) groups excluding carboxylic acids is 1. The van der Waals surface area contributed by atoms with Gasteiger partial charge in [-0.2, -0.15) is 0 Å². The minimum absolute atomic E-state index is 0.304. The molecule has 0 spiro atoms. The molecule has 0 amide bonds. The molecule has 116 valence electrons. The maximum atomic E-state index is 11.8. The van der Waals surface area contributed by atoms with Crippen LogP contribution >= 0.6 is 15.9 Å². The van der Waals surface area contributed by atoms with Gasteiger partial charge in [-0.1, -0.05) is 15.9 Å². The molecule has 0 atom stereocenters. The molecule has 1 aromatic carbocycles. The molecular weight excluding hydrogens is 334 g/mol. The standard InChI is InChI=1S/C16H22BrNO3/c1-11-14(16(19)20-2)9-13(17)10-15(11)18-6-3-12-4-7-21-8-5-12/h9-10,12,18H,3-8H2,1-2H3. The smallest absolute Gasteiger partial charge is 0.338 e. The SMILES string of the molecule is COC(=O)c1cc(Br)cc(NCCC2CCOCC2)c1C. The molecule has 5 heteroatoms. The third-order valence-electron chi connectivity index (χ3n) is 3.99. The maximum absolute atomic E-state index is 11.8. The topological polar surface area (TPSA) is 47.6 Å². The highest BCUT2D eigenvalue weighted by Gasteiger charge is 2.15. The summed E-state index contributed by atoms with van der Waals surface area (Å²) in [5.41, 5.74) is 2.51. The minimum Gasteiger partial charge on any atom is -0.465 e. The van der Waals surface area contributed by atoms with Crippen LogP contribution in [0.15, 0.2) is 16.6 Å². The summed E-state index contributed by atoms with van der Waals surface area (Å²) in [5, 5.41) is 3.44. The van der Waals surface area contributed by atoms with E-state index in [4.69, 9.17) is 9.47 Å². The summed E-state index contributed by atoms with van der Waals surface area (Å²) < 4.78 is 11.1. The molecule has 0 saturated carbocycles. The molecule has 0 radical (unpaired) electrons. The van der Waals surface area contributed by atoms with E-state index >= 15 is 0 Å². The molecule has 1 aromatic rings. The molecule has 1 fully saturated rings. The molecule has 1 aliphatic heterocycles. The fraction of sp³-hybridized carbons (Fsp3) is 0.562. The zero-order chi connectivity index (χ0) is 15.2. The van der Waals surface area contributed by atoms with Crippen LogP contribution < -0.4 is 5.32 Å². The van der Waals surface area contributed by atoms with Crippen molar-refractivity contribution in [1.82, 2.24) is 0 Å². The molecule has 2 rings (SSSR count). The van der Waals surface area contributed by atoms with E-state index in [1.54, 1.807) is 6.07 Å². The zero-order valence-electron chi connectivity index (χ0n) is 12.6. The van der Waals surface area contributed by atoms with Crippen molar-refractivity contribution in [2.75, 3.05) is 32.2 Å². The third kappa shape index (κ3) is 4.45. The Kier molecular flexibility index (Phi) is 6.06. The Morgan fingerprint density at radius 3 is 2.81 bits per heavy atom. The summed E-state index contributed by atoms with van der Waals surface area (Å²) in [4.78, 5) is 11.8. The van der Waals surface area contributed by atoms with Gasteiger partial charge in [0, 0.05) is 29.9 Å². The summed E-state index contributed by atoms with van der Waals surface area (Å²) in [5.74, 6) is 0.431. The predicted molar refractivity (Wildman–Crippen MR) is 86.9 cm³/mol. The average molecular weight is 356 g/mol. The Balaban J connectivity index is 1.98. The van der Waals surface area contributed by atoms with Crippen molar-refractivity contribution in [3.05, 3.63) is 27.7 Å². The number of nitrogens with one attached hydrogen (secondary N) is 1. The van der Waals surface area contributed by atoms with Crippen LogP contribution in [-0.2, 0) is 9.47 Å². The first-order valence-corrected chi connectivity index (χ1v) is 8.11. The van der Waals surface area contributed by atoms with Gasteiger partial charge in [0.1, 0.15) is 0 Å². The first-order valence-electron chi connectivity index (χ1n) is 7.32. The molecule has 4 nitrogen and oxygen atoms in total. The van der Waals surface area contributed by atoms with E-state index in [0.29, 0.717) is 5.56 Å². The monoisotopic (exact) mass is 355 g/mol. The molecule has 0 aromatic heterocycles. The number of benzene rings is 1. The second kappa shape index (κ2) is 7.80. The van der Waals surface area contributed by atoms with E-state index < -0.39 is 0 Å². The molecule has 0 unspecified atom stereocenters. The third-order valence-corrected chi connectivity index (χ3v) is 4.44. The first-order chi connectivity index (χ1) is 10.1. The largest absolute Gasteiger partial charge is 0.465 e. The Bertz CT molecular complexity index is 499. The summed E-state index contributed by atoms with van der Waals surface area (Å²) in [6, 6.07) is 3.80. The van der Waals surface area contributed by atoms with Crippen LogP contribution in [0.4, 0.5) is 5.69 Å². The van der Waals surface area contributed by atoms with Gasteiger partial charge in [-0.25, -0.2) is 4.79 Å². The van der Waals surface area contributed by atoms with E-state index in [-0.39, 0.29) is 5.97 Å². The van der Waals surface area contributed by atoms with Gasteiger partial charge in [0.05, 0.1) is 12.7 Å². The number of hydrogen-bond donors (Lipinski definition) is 1. The fourth-order valence-corrected chi connectivity index (χ4v) is 3.09. The lowest BCUT2D eigenvalue weighted by Crippen LogP contribution is -2.18. The molecule has 1 saturated heterocycles. The minimum atomic E-state index is -0.304. The molecular formula is C16H22BrNO3. The van der Waals surface area contributed by atoms with Crippen LogP contribution in [0.2, 0.25) is 0 Å². The van der Waals surface area contributed by atoms with Crippen LogP contribution in [-0.4, -0.2) is 32.8 Å². The molecule has 0 aliphatic carbocycles. The lowest BCUT2D eigenvalue weighted by atomic mass is 9.96. The van der Waals surface area contributed by atoms with Gasteiger partial charge in [-0.05, 0) is 49.8 Å². The van der Waals surface area contributed by atoms with Crippen LogP contribution in [0.3, 0.4) is 0 Å². The van der Waals surface area contributed by atoms with Crippen molar-refractivity contribution in [2.45, 2.75) is 26.2 Å². The lowest BCUT2D eigenvalue weighted by molar-refractivity contribution is 0.0599. The fourth-order valence-electron chi connectivity index (χ4n) is 2.63. The maximum Gasteiger partial charge on any atom is 0.338 e. The highest BCUT2D eigenvalue weighted by atomic mass is 79.9. The van der Waals surface area contributed by atoms with Crippen LogP contribution in [0, 0.1) is 12.8 Å². The van der Waals surface area contributed by atoms with Crippen LogP contribution in [0.1, 0.15) is 35.2 Å². The van der Waals surface area contributed by atoms with Gasteiger partial charge in [0.25, 0.3) is 0 Å². The average Bonchev–Trinajstić information content (AvgIpc) is 2.50. The van der Waals surface area contributed by atoms with Crippen molar-refractivity contribution in [3.63, 3.8) is 0 Å². The summed E-state index contributed by atoms with van der Waals surface area (Å²) in [6.07, 6.45) is 3.42. The van der Waals surface area contributed by atoms with E-state index in [2.05, 4.69) is 21.2 Å². The van der Waals surface area contributed by atoms with Crippen molar-refractivity contribution in [2.24, 2.45) is 5.92 Å². The van der Waals surface area contributed by atoms with Crippen molar-refractivity contribution in [1.29, 1.82) is 0 Å². The van der Waals surface area contributed by atoms with Gasteiger partial charge in [0.2, 0.25) is 0 Å². The summed E-state index contributed by atoms with van der Waals surface area (Å²) in [6.45, 7) is 4.61. The van der Waals surface area contributed by atoms with Crippen molar-refractivity contribution < 1.29 is 14.3 Å². The molecule has 0 bridgehead atoms. The Labute approximate surface area is 134 Å². The number of ether oxygens (including phenoxy) is 2. The van der Waals surface area contributed by atoms with Crippen LogP contribution in [0.5, 0.6) is 0 Å². The first kappa shape index (κ1) is 16.3. The Morgan fingerprint density at radius 1 is 1.43 bits per heavy atom. The second-order valence-electron chi connectivity index (χ2n) is 5.39. The lowest BCUT2D eigenvalue weighted by Gasteiger charge is -2.22. The molecule has 21 heavy (non-hydrogen) atoms. The number of hydrogen-bond acceptors (Lipinski definition) is 4. The van der Waals surface area contributed by atoms with E-state index in [9.17, 15) is 4.79 Å². The van der Waals surface area contributed by atoms with Crippen molar-refractivity contribution in [3.8, 4) is 0 Å². The highest BCUT2D eigenvalue weighted by Crippen LogP contribution is 2.26. The molecule has 1 aliphatic rings. The number of methoxy groups -OCH3 is 1. The Morgan fingerprint density at radius 2 is 2.14 bits per heavy atom. The summed E-state index contributed by atoms with van der Waals surface area (Å²) in [7, 11) is 1.40.